The number of nitro groups is 1. The summed E-state index contributed by atoms with van der Waals surface area (Å²) in [5.74, 6) is -0.382. The van der Waals surface area contributed by atoms with Crippen LogP contribution in [0.25, 0.3) is 0 Å². The zero-order chi connectivity index (χ0) is 16.3. The number of nitro benzene ring substituents is 1. The van der Waals surface area contributed by atoms with Gasteiger partial charge in [0.15, 0.2) is 0 Å². The van der Waals surface area contributed by atoms with E-state index in [0.29, 0.717) is 5.75 Å². The van der Waals surface area contributed by atoms with Crippen LogP contribution in [-0.4, -0.2) is 10.9 Å². The number of nitrogens with zero attached hydrogens (tertiary/aromatic N) is 1. The van der Waals surface area contributed by atoms with Crippen molar-refractivity contribution >= 4 is 11.7 Å². The van der Waals surface area contributed by atoms with Crippen molar-refractivity contribution in [3.63, 3.8) is 0 Å². The minimum atomic E-state index is -0.740. The highest BCUT2D eigenvalue weighted by Crippen LogP contribution is 2.25. The number of para-hydroxylation sites is 1. The van der Waals surface area contributed by atoms with Gasteiger partial charge in [0.2, 0.25) is 0 Å². The van der Waals surface area contributed by atoms with Crippen molar-refractivity contribution in [1.82, 2.24) is 0 Å². The van der Waals surface area contributed by atoms with E-state index in [9.17, 15) is 14.9 Å². The summed E-state index contributed by atoms with van der Waals surface area (Å²) in [4.78, 5) is 22.4. The van der Waals surface area contributed by atoms with E-state index >= 15 is 0 Å². The van der Waals surface area contributed by atoms with Gasteiger partial charge in [0.1, 0.15) is 11.3 Å². The van der Waals surface area contributed by atoms with Crippen LogP contribution in [0.4, 0.5) is 5.69 Å². The number of ether oxygens (including phenoxy) is 1. The fraction of sp³-hybridized carbons (Fsp3) is 0.235. The predicted molar refractivity (Wildman–Crippen MR) is 83.2 cm³/mol. The lowest BCUT2D eigenvalue weighted by atomic mass is 9.87. The molecule has 0 saturated carbocycles. The normalized spacial score (nSPS) is 11.0. The maximum absolute atomic E-state index is 12.1. The Morgan fingerprint density at radius 2 is 1.64 bits per heavy atom. The molecule has 0 heterocycles. The van der Waals surface area contributed by atoms with E-state index in [2.05, 4.69) is 20.8 Å². The second-order valence-electron chi connectivity index (χ2n) is 5.94. The molecule has 2 aromatic rings. The first-order valence-electron chi connectivity index (χ1n) is 6.85. The summed E-state index contributed by atoms with van der Waals surface area (Å²) in [5.41, 5.74) is 0.782. The average molecular weight is 299 g/mol. The second-order valence-corrected chi connectivity index (χ2v) is 5.94. The molecule has 0 radical (unpaired) electrons. The second kappa shape index (κ2) is 5.97. The third kappa shape index (κ3) is 3.49. The Balaban J connectivity index is 2.21. The number of carbonyl (C=O) groups is 1. The van der Waals surface area contributed by atoms with Gasteiger partial charge >= 0.3 is 5.97 Å². The molecule has 0 spiro atoms. The number of hydrogen-bond acceptors (Lipinski definition) is 4. The van der Waals surface area contributed by atoms with E-state index in [4.69, 9.17) is 4.74 Å². The van der Waals surface area contributed by atoms with Crippen molar-refractivity contribution in [2.45, 2.75) is 26.2 Å². The van der Waals surface area contributed by atoms with Crippen molar-refractivity contribution in [2.75, 3.05) is 0 Å². The molecule has 0 aliphatic heterocycles. The fourth-order valence-corrected chi connectivity index (χ4v) is 1.99. The van der Waals surface area contributed by atoms with Crippen molar-refractivity contribution in [1.29, 1.82) is 0 Å². The molecule has 2 rings (SSSR count). The maximum atomic E-state index is 12.1. The van der Waals surface area contributed by atoms with Gasteiger partial charge in [-0.25, -0.2) is 4.79 Å². The van der Waals surface area contributed by atoms with E-state index in [1.807, 2.05) is 12.1 Å². The van der Waals surface area contributed by atoms with Crippen LogP contribution >= 0.6 is 0 Å². The smallest absolute Gasteiger partial charge is 0.350 e. The van der Waals surface area contributed by atoms with E-state index in [1.165, 1.54) is 18.2 Å². The minimum absolute atomic E-state index is 0.000749. The Morgan fingerprint density at radius 1 is 1.05 bits per heavy atom. The van der Waals surface area contributed by atoms with Crippen LogP contribution in [-0.2, 0) is 5.41 Å². The number of hydrogen-bond donors (Lipinski definition) is 0. The lowest BCUT2D eigenvalue weighted by Crippen LogP contribution is -2.12. The van der Waals surface area contributed by atoms with E-state index in [-0.39, 0.29) is 16.7 Å². The summed E-state index contributed by atoms with van der Waals surface area (Å²) in [7, 11) is 0. The minimum Gasteiger partial charge on any atom is -0.423 e. The van der Waals surface area contributed by atoms with E-state index in [1.54, 1.807) is 18.2 Å². The average Bonchev–Trinajstić information content (AvgIpc) is 2.46. The zero-order valence-corrected chi connectivity index (χ0v) is 12.7. The summed E-state index contributed by atoms with van der Waals surface area (Å²) < 4.78 is 5.22. The van der Waals surface area contributed by atoms with Crippen LogP contribution in [0.5, 0.6) is 5.75 Å². The molecule has 0 fully saturated rings. The lowest BCUT2D eigenvalue weighted by molar-refractivity contribution is -0.385. The standard InChI is InChI=1S/C17H17NO4/c1-17(2,3)12-8-10-13(11-9-12)22-16(19)14-6-4-5-7-15(14)18(20)21/h4-11H,1-3H3. The molecule has 0 aliphatic rings. The molecule has 2 aromatic carbocycles. The first kappa shape index (κ1) is 15.7. The highest BCUT2D eigenvalue weighted by atomic mass is 16.6. The monoisotopic (exact) mass is 299 g/mol. The molecule has 114 valence electrons. The summed E-state index contributed by atoms with van der Waals surface area (Å²) in [6.07, 6.45) is 0. The first-order chi connectivity index (χ1) is 10.3. The molecule has 22 heavy (non-hydrogen) atoms. The fourth-order valence-electron chi connectivity index (χ4n) is 1.99. The van der Waals surface area contributed by atoms with Crippen LogP contribution in [0.3, 0.4) is 0 Å². The molecule has 0 aliphatic carbocycles. The molecule has 5 nitrogen and oxygen atoms in total. The third-order valence-electron chi connectivity index (χ3n) is 3.25. The largest absolute Gasteiger partial charge is 0.423 e. The molecular formula is C17H17NO4. The topological polar surface area (TPSA) is 69.4 Å². The SMILES string of the molecule is CC(C)(C)c1ccc(OC(=O)c2ccccc2[N+](=O)[O-])cc1. The molecule has 5 heteroatoms. The molecule has 0 amide bonds. The maximum Gasteiger partial charge on any atom is 0.350 e. The van der Waals surface area contributed by atoms with Gasteiger partial charge < -0.3 is 4.74 Å². The number of esters is 1. The Bertz CT molecular complexity index is 699. The van der Waals surface area contributed by atoms with Gasteiger partial charge in [0.25, 0.3) is 5.69 Å². The number of rotatable bonds is 3. The van der Waals surface area contributed by atoms with Gasteiger partial charge in [-0.05, 0) is 29.2 Å². The van der Waals surface area contributed by atoms with Crippen LogP contribution in [0.15, 0.2) is 48.5 Å². The third-order valence-corrected chi connectivity index (χ3v) is 3.25. The van der Waals surface area contributed by atoms with Crippen LogP contribution in [0, 0.1) is 10.1 Å². The summed E-state index contributed by atoms with van der Waals surface area (Å²) >= 11 is 0. The highest BCUT2D eigenvalue weighted by Gasteiger charge is 2.21. The van der Waals surface area contributed by atoms with Gasteiger partial charge in [-0.1, -0.05) is 45.0 Å². The molecule has 0 N–H and O–H groups in total. The highest BCUT2D eigenvalue weighted by molar-refractivity contribution is 5.95. The van der Waals surface area contributed by atoms with Crippen molar-refractivity contribution in [3.05, 3.63) is 69.8 Å². The molecule has 0 atom stereocenters. The quantitative estimate of drug-likeness (QED) is 0.370. The van der Waals surface area contributed by atoms with Gasteiger partial charge in [-0.2, -0.15) is 0 Å². The number of benzene rings is 2. The molecular weight excluding hydrogens is 282 g/mol. The molecule has 0 saturated heterocycles. The van der Waals surface area contributed by atoms with Crippen molar-refractivity contribution in [2.24, 2.45) is 0 Å². The number of carbonyl (C=O) groups excluding carboxylic acids is 1. The van der Waals surface area contributed by atoms with E-state index in [0.717, 1.165) is 5.56 Å². The molecule has 0 aromatic heterocycles. The van der Waals surface area contributed by atoms with Gasteiger partial charge in [0, 0.05) is 6.07 Å². The van der Waals surface area contributed by atoms with Crippen LogP contribution in [0.2, 0.25) is 0 Å². The summed E-state index contributed by atoms with van der Waals surface area (Å²) in [5, 5.41) is 10.9. The Labute approximate surface area is 128 Å². The summed E-state index contributed by atoms with van der Waals surface area (Å²) in [6.45, 7) is 6.25. The Hall–Kier alpha value is -2.69. The van der Waals surface area contributed by atoms with E-state index < -0.39 is 10.9 Å². The van der Waals surface area contributed by atoms with Gasteiger partial charge in [-0.3, -0.25) is 10.1 Å². The zero-order valence-electron chi connectivity index (χ0n) is 12.7. The summed E-state index contributed by atoms with van der Waals surface area (Å²) in [6, 6.07) is 12.9. The molecule has 0 unspecified atom stereocenters. The predicted octanol–water partition coefficient (Wildman–Crippen LogP) is 4.11. The van der Waals surface area contributed by atoms with Crippen LogP contribution < -0.4 is 4.74 Å². The first-order valence-corrected chi connectivity index (χ1v) is 6.85. The Kier molecular flexibility index (Phi) is 4.26. The van der Waals surface area contributed by atoms with Gasteiger partial charge in [0.05, 0.1) is 4.92 Å². The van der Waals surface area contributed by atoms with Crippen molar-refractivity contribution < 1.29 is 14.5 Å². The van der Waals surface area contributed by atoms with Crippen molar-refractivity contribution in [3.8, 4) is 5.75 Å². The van der Waals surface area contributed by atoms with Gasteiger partial charge in [-0.15, -0.1) is 0 Å². The molecule has 0 bridgehead atoms. The Morgan fingerprint density at radius 3 is 2.18 bits per heavy atom. The van der Waals surface area contributed by atoms with Crippen LogP contribution in [0.1, 0.15) is 36.7 Å². The lowest BCUT2D eigenvalue weighted by Gasteiger charge is -2.18.